The van der Waals surface area contributed by atoms with E-state index >= 15 is 0 Å². The number of ether oxygens (including phenoxy) is 1. The van der Waals surface area contributed by atoms with Crippen LogP contribution in [0.1, 0.15) is 6.92 Å². The molecule has 0 spiro atoms. The Hall–Kier alpha value is -2.00. The van der Waals surface area contributed by atoms with Crippen molar-refractivity contribution in [3.63, 3.8) is 0 Å². The highest BCUT2D eigenvalue weighted by Gasteiger charge is 2.11. The lowest BCUT2D eigenvalue weighted by molar-refractivity contribution is 0.318. The van der Waals surface area contributed by atoms with Crippen LogP contribution in [0.5, 0.6) is 5.75 Å². The van der Waals surface area contributed by atoms with Crippen LogP contribution in [-0.2, 0) is 7.05 Å². The molecule has 104 valence electrons. The van der Waals surface area contributed by atoms with E-state index in [2.05, 4.69) is 60.3 Å². The van der Waals surface area contributed by atoms with Crippen LogP contribution in [0.2, 0.25) is 0 Å². The molecule has 0 saturated heterocycles. The molecule has 1 heterocycles. The van der Waals surface area contributed by atoms with E-state index in [-0.39, 0.29) is 0 Å². The van der Waals surface area contributed by atoms with Crippen molar-refractivity contribution in [3.05, 3.63) is 42.5 Å². The van der Waals surface area contributed by atoms with Crippen LogP contribution in [0.3, 0.4) is 0 Å². The molecule has 3 aromatic rings. The molecule has 0 aliphatic heterocycles. The van der Waals surface area contributed by atoms with Gasteiger partial charge in [0.15, 0.2) is 0 Å². The summed E-state index contributed by atoms with van der Waals surface area (Å²) in [5.74, 6) is 0.958. The Morgan fingerprint density at radius 2 is 1.85 bits per heavy atom. The standard InChI is InChI=1S/C17H20N2O/c1-3-18-11-12-20-16-10-6-8-14-13-7-4-5-9-15(13)19(2)17(14)16/h4-10,18H,3,11-12H2,1-2H3. The number of aryl methyl sites for hydroxylation is 1. The SMILES string of the molecule is CCNCCOc1cccc2c3ccccc3n(C)c12. The maximum absolute atomic E-state index is 5.95. The average molecular weight is 268 g/mol. The number of rotatable bonds is 5. The number of para-hydroxylation sites is 2. The highest BCUT2D eigenvalue weighted by Crippen LogP contribution is 2.33. The molecule has 0 fully saturated rings. The fourth-order valence-electron chi connectivity index (χ4n) is 2.73. The number of hydrogen-bond acceptors (Lipinski definition) is 2. The Labute approximate surface area is 119 Å². The maximum atomic E-state index is 5.95. The molecule has 0 aliphatic rings. The van der Waals surface area contributed by atoms with Crippen LogP contribution in [0, 0.1) is 0 Å². The van der Waals surface area contributed by atoms with E-state index < -0.39 is 0 Å². The molecular formula is C17H20N2O. The lowest BCUT2D eigenvalue weighted by atomic mass is 10.1. The second-order valence-corrected chi connectivity index (χ2v) is 4.93. The minimum absolute atomic E-state index is 0.689. The molecule has 2 aromatic carbocycles. The number of nitrogens with one attached hydrogen (secondary N) is 1. The molecule has 0 atom stereocenters. The zero-order valence-electron chi connectivity index (χ0n) is 12.0. The summed E-state index contributed by atoms with van der Waals surface area (Å²) < 4.78 is 8.16. The molecule has 0 amide bonds. The van der Waals surface area contributed by atoms with Crippen molar-refractivity contribution in [1.82, 2.24) is 9.88 Å². The van der Waals surface area contributed by atoms with Gasteiger partial charge in [0.05, 0.1) is 5.52 Å². The number of likely N-dealkylation sites (N-methyl/N-ethyl adjacent to an activating group) is 1. The predicted octanol–water partition coefficient (Wildman–Crippen LogP) is 3.32. The summed E-state index contributed by atoms with van der Waals surface area (Å²) in [5, 5.41) is 5.81. The van der Waals surface area contributed by atoms with Crippen molar-refractivity contribution < 1.29 is 4.74 Å². The number of aromatic nitrogens is 1. The van der Waals surface area contributed by atoms with Crippen LogP contribution in [0.15, 0.2) is 42.5 Å². The monoisotopic (exact) mass is 268 g/mol. The molecule has 3 rings (SSSR count). The first-order valence-corrected chi connectivity index (χ1v) is 7.12. The first-order valence-electron chi connectivity index (χ1n) is 7.12. The van der Waals surface area contributed by atoms with Gasteiger partial charge in [0.1, 0.15) is 12.4 Å². The lowest BCUT2D eigenvalue weighted by Gasteiger charge is -2.09. The zero-order valence-corrected chi connectivity index (χ0v) is 12.0. The summed E-state index contributed by atoms with van der Waals surface area (Å²) in [6.07, 6.45) is 0. The van der Waals surface area contributed by atoms with Gasteiger partial charge in [0, 0.05) is 29.9 Å². The van der Waals surface area contributed by atoms with E-state index in [0.29, 0.717) is 6.61 Å². The Morgan fingerprint density at radius 1 is 1.05 bits per heavy atom. The normalized spacial score (nSPS) is 11.3. The molecule has 0 aliphatic carbocycles. The minimum atomic E-state index is 0.689. The smallest absolute Gasteiger partial charge is 0.143 e. The average Bonchev–Trinajstić information content (AvgIpc) is 2.79. The molecule has 0 unspecified atom stereocenters. The summed E-state index contributed by atoms with van der Waals surface area (Å²) in [5.41, 5.74) is 2.41. The van der Waals surface area contributed by atoms with Crippen LogP contribution >= 0.6 is 0 Å². The topological polar surface area (TPSA) is 26.2 Å². The molecule has 0 bridgehead atoms. The largest absolute Gasteiger partial charge is 0.490 e. The molecule has 0 radical (unpaired) electrons. The van der Waals surface area contributed by atoms with Gasteiger partial charge in [-0.2, -0.15) is 0 Å². The van der Waals surface area contributed by atoms with Crippen molar-refractivity contribution in [2.24, 2.45) is 7.05 Å². The van der Waals surface area contributed by atoms with Gasteiger partial charge in [0.2, 0.25) is 0 Å². The third-order valence-corrected chi connectivity index (χ3v) is 3.68. The van der Waals surface area contributed by atoms with Gasteiger partial charge in [-0.05, 0) is 18.7 Å². The van der Waals surface area contributed by atoms with E-state index in [9.17, 15) is 0 Å². The van der Waals surface area contributed by atoms with Crippen molar-refractivity contribution in [1.29, 1.82) is 0 Å². The predicted molar refractivity (Wildman–Crippen MR) is 84.5 cm³/mol. The van der Waals surface area contributed by atoms with Crippen molar-refractivity contribution in [2.45, 2.75) is 6.92 Å². The number of benzene rings is 2. The molecular weight excluding hydrogens is 248 g/mol. The third kappa shape index (κ3) is 2.14. The van der Waals surface area contributed by atoms with Crippen LogP contribution < -0.4 is 10.1 Å². The van der Waals surface area contributed by atoms with Crippen LogP contribution in [0.4, 0.5) is 0 Å². The Bertz CT molecular complexity index is 730. The van der Waals surface area contributed by atoms with E-state index in [4.69, 9.17) is 4.74 Å². The summed E-state index contributed by atoms with van der Waals surface area (Å²) in [7, 11) is 2.10. The first-order chi connectivity index (χ1) is 9.83. The minimum Gasteiger partial charge on any atom is -0.490 e. The number of hydrogen-bond donors (Lipinski definition) is 1. The van der Waals surface area contributed by atoms with Gasteiger partial charge in [-0.1, -0.05) is 37.3 Å². The van der Waals surface area contributed by atoms with Gasteiger partial charge in [-0.25, -0.2) is 0 Å². The van der Waals surface area contributed by atoms with Gasteiger partial charge in [-0.3, -0.25) is 0 Å². The maximum Gasteiger partial charge on any atom is 0.143 e. The summed E-state index contributed by atoms with van der Waals surface area (Å²) >= 11 is 0. The van der Waals surface area contributed by atoms with E-state index in [1.807, 2.05) is 6.07 Å². The quantitative estimate of drug-likeness (QED) is 0.718. The fraction of sp³-hybridized carbons (Fsp3) is 0.294. The van der Waals surface area contributed by atoms with Crippen molar-refractivity contribution >= 4 is 21.8 Å². The highest BCUT2D eigenvalue weighted by atomic mass is 16.5. The molecule has 3 heteroatoms. The Kier molecular flexibility index (Phi) is 3.61. The first kappa shape index (κ1) is 13.0. The summed E-state index contributed by atoms with van der Waals surface area (Å²) in [6, 6.07) is 14.8. The van der Waals surface area contributed by atoms with E-state index in [0.717, 1.165) is 18.8 Å². The van der Waals surface area contributed by atoms with Crippen LogP contribution in [-0.4, -0.2) is 24.3 Å². The van der Waals surface area contributed by atoms with Gasteiger partial charge >= 0.3 is 0 Å². The van der Waals surface area contributed by atoms with Gasteiger partial charge < -0.3 is 14.6 Å². The molecule has 0 saturated carbocycles. The molecule has 1 N–H and O–H groups in total. The van der Waals surface area contributed by atoms with E-state index in [1.54, 1.807) is 0 Å². The van der Waals surface area contributed by atoms with Crippen molar-refractivity contribution in [2.75, 3.05) is 19.7 Å². The van der Waals surface area contributed by atoms with Gasteiger partial charge in [0.25, 0.3) is 0 Å². The lowest BCUT2D eigenvalue weighted by Crippen LogP contribution is -2.20. The fourth-order valence-corrected chi connectivity index (χ4v) is 2.73. The Balaban J connectivity index is 2.05. The molecule has 3 nitrogen and oxygen atoms in total. The highest BCUT2D eigenvalue weighted by molar-refractivity contribution is 6.09. The number of nitrogens with zero attached hydrogens (tertiary/aromatic N) is 1. The number of fused-ring (bicyclic) bond motifs is 3. The zero-order chi connectivity index (χ0) is 13.9. The van der Waals surface area contributed by atoms with Crippen LogP contribution in [0.25, 0.3) is 21.8 Å². The Morgan fingerprint density at radius 3 is 2.70 bits per heavy atom. The second-order valence-electron chi connectivity index (χ2n) is 4.93. The second kappa shape index (κ2) is 5.55. The molecule has 20 heavy (non-hydrogen) atoms. The van der Waals surface area contributed by atoms with Crippen molar-refractivity contribution in [3.8, 4) is 5.75 Å². The summed E-state index contributed by atoms with van der Waals surface area (Å²) in [4.78, 5) is 0. The molecule has 1 aromatic heterocycles. The summed E-state index contributed by atoms with van der Waals surface area (Å²) in [6.45, 7) is 4.64. The van der Waals surface area contributed by atoms with Gasteiger partial charge in [-0.15, -0.1) is 0 Å². The van der Waals surface area contributed by atoms with E-state index in [1.165, 1.54) is 21.8 Å². The third-order valence-electron chi connectivity index (χ3n) is 3.68.